The van der Waals surface area contributed by atoms with Gasteiger partial charge in [-0.2, -0.15) is 0 Å². The summed E-state index contributed by atoms with van der Waals surface area (Å²) < 4.78 is 3.94. The van der Waals surface area contributed by atoms with E-state index in [-0.39, 0.29) is 6.54 Å². The van der Waals surface area contributed by atoms with Crippen LogP contribution in [0.25, 0.3) is 11.0 Å². The summed E-state index contributed by atoms with van der Waals surface area (Å²) in [6.07, 6.45) is 7.31. The number of fused-ring (bicyclic) bond motifs is 1. The minimum atomic E-state index is -0.868. The number of halogens is 2. The Hall–Kier alpha value is -1.26. The molecule has 0 saturated carbocycles. The van der Waals surface area contributed by atoms with E-state index < -0.39 is 5.97 Å². The number of benzene rings is 1. The second-order valence-electron chi connectivity index (χ2n) is 6.20. The minimum Gasteiger partial charge on any atom is -0.478 e. The Bertz CT molecular complexity index is 726. The zero-order valence-electron chi connectivity index (χ0n) is 14.3. The first-order valence-electron chi connectivity index (χ1n) is 8.55. The third-order valence-electron chi connectivity index (χ3n) is 4.41. The van der Waals surface area contributed by atoms with Crippen molar-refractivity contribution in [1.82, 2.24) is 4.57 Å². The summed E-state index contributed by atoms with van der Waals surface area (Å²) in [6, 6.07) is 3.59. The molecule has 6 heteroatoms. The van der Waals surface area contributed by atoms with Crippen molar-refractivity contribution in [3.05, 3.63) is 28.0 Å². The summed E-state index contributed by atoms with van der Waals surface area (Å²) in [7, 11) is 0. The number of carboxylic acids is 1. The molecular weight excluding hydrogens is 347 g/mol. The summed E-state index contributed by atoms with van der Waals surface area (Å²) >= 11 is 12.3. The smallest absolute Gasteiger partial charge is 0.346 e. The number of aromatic nitrogens is 2. The third kappa shape index (κ3) is 4.42. The van der Waals surface area contributed by atoms with Gasteiger partial charge in [0, 0.05) is 19.1 Å². The molecule has 0 unspecified atom stereocenters. The van der Waals surface area contributed by atoms with E-state index in [0.717, 1.165) is 29.8 Å². The molecule has 0 aliphatic heterocycles. The maximum atomic E-state index is 11.2. The van der Waals surface area contributed by atoms with Gasteiger partial charge < -0.3 is 5.11 Å². The largest absolute Gasteiger partial charge is 0.478 e. The van der Waals surface area contributed by atoms with Crippen LogP contribution in [-0.2, 0) is 17.9 Å². The highest BCUT2D eigenvalue weighted by molar-refractivity contribution is 6.42. The predicted molar refractivity (Wildman–Crippen MR) is 97.9 cm³/mol. The van der Waals surface area contributed by atoms with E-state index in [4.69, 9.17) is 23.2 Å². The predicted octanol–water partition coefficient (Wildman–Crippen LogP) is 4.99. The lowest BCUT2D eigenvalue weighted by Crippen LogP contribution is -2.40. The van der Waals surface area contributed by atoms with Crippen molar-refractivity contribution in [1.29, 1.82) is 0 Å². The summed E-state index contributed by atoms with van der Waals surface area (Å²) in [4.78, 5) is 11.2. The van der Waals surface area contributed by atoms with Gasteiger partial charge in [0.25, 0.3) is 5.82 Å². The van der Waals surface area contributed by atoms with Crippen LogP contribution in [0.1, 0.15) is 51.3 Å². The van der Waals surface area contributed by atoms with Crippen molar-refractivity contribution in [3.63, 3.8) is 0 Å². The topological polar surface area (TPSA) is 46.1 Å². The van der Waals surface area contributed by atoms with Crippen molar-refractivity contribution >= 4 is 40.2 Å². The fourth-order valence-electron chi connectivity index (χ4n) is 3.12. The standard InChI is InChI=1S/C18H24Cl2N2O2/c1-3-4-5-6-7-8-9-21-13(2)22(12-18(23)24)17-11-15(20)14(19)10-16(17)21/h10-11H,3-9,12H2,1-2H3/p+1. The molecule has 4 nitrogen and oxygen atoms in total. The lowest BCUT2D eigenvalue weighted by Gasteiger charge is -2.02. The van der Waals surface area contributed by atoms with Crippen molar-refractivity contribution in [2.75, 3.05) is 0 Å². The molecule has 0 saturated heterocycles. The van der Waals surface area contributed by atoms with Crippen LogP contribution < -0.4 is 4.57 Å². The van der Waals surface area contributed by atoms with Gasteiger partial charge in [-0.25, -0.2) is 13.9 Å². The van der Waals surface area contributed by atoms with Gasteiger partial charge in [0.05, 0.1) is 16.6 Å². The van der Waals surface area contributed by atoms with E-state index in [1.54, 1.807) is 10.6 Å². The van der Waals surface area contributed by atoms with Crippen LogP contribution in [0.5, 0.6) is 0 Å². The number of hydrogen-bond acceptors (Lipinski definition) is 1. The van der Waals surface area contributed by atoms with Crippen LogP contribution in [0.2, 0.25) is 10.0 Å². The quantitative estimate of drug-likeness (QED) is 0.498. The molecule has 0 bridgehead atoms. The van der Waals surface area contributed by atoms with Crippen molar-refractivity contribution < 1.29 is 14.5 Å². The van der Waals surface area contributed by atoms with E-state index in [1.165, 1.54) is 32.1 Å². The van der Waals surface area contributed by atoms with Gasteiger partial charge in [-0.05, 0) is 12.8 Å². The number of carboxylic acid groups (broad SMARTS) is 1. The molecule has 24 heavy (non-hydrogen) atoms. The fraction of sp³-hybridized carbons (Fsp3) is 0.556. The number of rotatable bonds is 9. The molecule has 0 atom stereocenters. The summed E-state index contributed by atoms with van der Waals surface area (Å²) in [5.41, 5.74) is 1.76. The lowest BCUT2D eigenvalue weighted by atomic mass is 10.1. The summed E-state index contributed by atoms with van der Waals surface area (Å²) in [5, 5.41) is 10.1. The van der Waals surface area contributed by atoms with E-state index in [2.05, 4.69) is 11.5 Å². The van der Waals surface area contributed by atoms with Crippen LogP contribution in [0.4, 0.5) is 0 Å². The first-order chi connectivity index (χ1) is 11.5. The Morgan fingerprint density at radius 3 is 2.42 bits per heavy atom. The van der Waals surface area contributed by atoms with Gasteiger partial charge in [-0.15, -0.1) is 0 Å². The number of hydrogen-bond donors (Lipinski definition) is 1. The highest BCUT2D eigenvalue weighted by Crippen LogP contribution is 2.28. The third-order valence-corrected chi connectivity index (χ3v) is 5.13. The number of unbranched alkanes of at least 4 members (excludes halogenated alkanes) is 5. The molecule has 0 aliphatic rings. The highest BCUT2D eigenvalue weighted by atomic mass is 35.5. The Morgan fingerprint density at radius 2 is 1.75 bits per heavy atom. The van der Waals surface area contributed by atoms with Gasteiger partial charge in [0.2, 0.25) is 0 Å². The number of aliphatic carboxylic acids is 1. The zero-order chi connectivity index (χ0) is 17.7. The molecule has 2 aromatic rings. The van der Waals surface area contributed by atoms with Crippen molar-refractivity contribution in [2.45, 2.75) is 65.5 Å². The average molecular weight is 372 g/mol. The fourth-order valence-corrected chi connectivity index (χ4v) is 3.44. The summed E-state index contributed by atoms with van der Waals surface area (Å²) in [5.74, 6) is 0.0482. The van der Waals surface area contributed by atoms with E-state index >= 15 is 0 Å². The molecule has 0 spiro atoms. The normalized spacial score (nSPS) is 11.3. The Balaban J connectivity index is 2.26. The average Bonchev–Trinajstić information content (AvgIpc) is 2.76. The lowest BCUT2D eigenvalue weighted by molar-refractivity contribution is -0.667. The Labute approximate surface area is 153 Å². The van der Waals surface area contributed by atoms with Crippen molar-refractivity contribution in [3.8, 4) is 0 Å². The molecule has 0 radical (unpaired) electrons. The number of carbonyl (C=O) groups is 1. The van der Waals surface area contributed by atoms with Crippen LogP contribution in [-0.4, -0.2) is 15.6 Å². The Morgan fingerprint density at radius 1 is 1.12 bits per heavy atom. The highest BCUT2D eigenvalue weighted by Gasteiger charge is 2.24. The Kier molecular flexibility index (Phi) is 6.93. The van der Waals surface area contributed by atoms with Crippen LogP contribution in [0.3, 0.4) is 0 Å². The molecule has 1 N–H and O–H groups in total. The molecule has 0 aliphatic carbocycles. The van der Waals surface area contributed by atoms with Gasteiger partial charge in [-0.1, -0.05) is 55.8 Å². The molecule has 1 aromatic heterocycles. The van der Waals surface area contributed by atoms with E-state index in [1.807, 2.05) is 13.0 Å². The van der Waals surface area contributed by atoms with E-state index in [0.29, 0.717) is 10.0 Å². The summed E-state index contributed by atoms with van der Waals surface area (Å²) in [6.45, 7) is 4.94. The number of imidazole rings is 1. The van der Waals surface area contributed by atoms with Gasteiger partial charge in [-0.3, -0.25) is 0 Å². The second kappa shape index (κ2) is 8.72. The molecule has 0 fully saturated rings. The monoisotopic (exact) mass is 371 g/mol. The maximum absolute atomic E-state index is 11.2. The molecule has 2 rings (SSSR count). The number of nitrogens with zero attached hydrogens (tertiary/aromatic N) is 2. The SMILES string of the molecule is CCCCCCCCn1c(C)[n+](CC(=O)O)c2cc(Cl)c(Cl)cc21. The first kappa shape index (κ1) is 19.1. The minimum absolute atomic E-state index is 0.0796. The van der Waals surface area contributed by atoms with Crippen LogP contribution >= 0.6 is 23.2 Å². The number of aryl methyl sites for hydroxylation is 1. The van der Waals surface area contributed by atoms with Crippen LogP contribution in [0, 0.1) is 6.92 Å². The molecular formula is C18H25Cl2N2O2+. The van der Waals surface area contributed by atoms with E-state index in [9.17, 15) is 9.90 Å². The van der Waals surface area contributed by atoms with Gasteiger partial charge in [0.1, 0.15) is 0 Å². The molecule has 132 valence electrons. The maximum Gasteiger partial charge on any atom is 0.346 e. The molecule has 1 aromatic carbocycles. The first-order valence-corrected chi connectivity index (χ1v) is 9.30. The van der Waals surface area contributed by atoms with Crippen molar-refractivity contribution in [2.24, 2.45) is 0 Å². The molecule has 1 heterocycles. The van der Waals surface area contributed by atoms with Crippen LogP contribution in [0.15, 0.2) is 12.1 Å². The van der Waals surface area contributed by atoms with Gasteiger partial charge >= 0.3 is 5.97 Å². The molecule has 0 amide bonds. The van der Waals surface area contributed by atoms with Gasteiger partial charge in [0.15, 0.2) is 17.6 Å². The zero-order valence-corrected chi connectivity index (χ0v) is 15.8. The second-order valence-corrected chi connectivity index (χ2v) is 7.02.